The van der Waals surface area contributed by atoms with Crippen molar-refractivity contribution in [3.63, 3.8) is 0 Å². The summed E-state index contributed by atoms with van der Waals surface area (Å²) in [5, 5.41) is 31.4. The number of aromatic nitrogens is 4. The van der Waals surface area contributed by atoms with Crippen molar-refractivity contribution in [2.24, 2.45) is 0 Å². The molecule has 2 aromatic rings. The maximum atomic E-state index is 11.4. The van der Waals surface area contributed by atoms with Gasteiger partial charge < -0.3 is 40.2 Å². The molecule has 15 heteroatoms. The van der Waals surface area contributed by atoms with Crippen LogP contribution in [0.5, 0.6) is 0 Å². The third-order valence-electron chi connectivity index (χ3n) is 3.55. The molecular formula is C10H13KN5O8P. The molecule has 1 saturated heterocycles. The van der Waals surface area contributed by atoms with Gasteiger partial charge in [-0.15, -0.1) is 0 Å². The van der Waals surface area contributed by atoms with Crippen molar-refractivity contribution in [1.82, 2.24) is 14.5 Å². The first kappa shape index (κ1) is 21.1. The van der Waals surface area contributed by atoms with E-state index >= 15 is 0 Å². The molecule has 0 spiro atoms. The van der Waals surface area contributed by atoms with Gasteiger partial charge in [0.25, 0.3) is 13.6 Å². The zero-order valence-corrected chi connectivity index (χ0v) is 16.9. The van der Waals surface area contributed by atoms with Gasteiger partial charge in [0.2, 0.25) is 12.0 Å². The standard InChI is InChI=1S/C10H14N5O8P.K/c11-8-5-9(13-3-15(8)18)14(2-12-5)10-7(17)6(16)4(23-10)1-22-24(19,20)21;/h2-4,6-7,10,16-17H,1,11H2,(H2,19,20,21);/q;+1/p-1/t4-,6-,7-,10-;/m1./s1. The maximum Gasteiger partial charge on any atom is 1.00 e. The van der Waals surface area contributed by atoms with Gasteiger partial charge in [-0.3, -0.25) is 9.13 Å². The van der Waals surface area contributed by atoms with Crippen LogP contribution < -0.4 is 66.7 Å². The number of phosphoric acid groups is 1. The second kappa shape index (κ2) is 7.80. The minimum absolute atomic E-state index is 0. The summed E-state index contributed by atoms with van der Waals surface area (Å²) in [7, 11) is -5.00. The first-order valence-corrected chi connectivity index (χ1v) is 8.08. The van der Waals surface area contributed by atoms with E-state index in [1.54, 1.807) is 0 Å². The van der Waals surface area contributed by atoms with Crippen molar-refractivity contribution in [3.05, 3.63) is 17.9 Å². The molecule has 132 valence electrons. The Morgan fingerprint density at radius 2 is 2.12 bits per heavy atom. The van der Waals surface area contributed by atoms with Crippen LogP contribution in [-0.4, -0.2) is 54.6 Å². The third-order valence-corrected chi connectivity index (χ3v) is 4.02. The zero-order chi connectivity index (χ0) is 17.6. The molecule has 0 aliphatic carbocycles. The molecule has 5 atom stereocenters. The fourth-order valence-corrected chi connectivity index (χ4v) is 2.72. The van der Waals surface area contributed by atoms with Gasteiger partial charge in [0.15, 0.2) is 11.7 Å². The molecular weight excluding hydrogens is 388 g/mol. The molecule has 2 aromatic heterocycles. The number of hydrogen-bond acceptors (Lipinski definition) is 10. The first-order valence-electron chi connectivity index (χ1n) is 6.59. The van der Waals surface area contributed by atoms with E-state index in [2.05, 4.69) is 14.5 Å². The number of phosphoric ester groups is 1. The van der Waals surface area contributed by atoms with Gasteiger partial charge >= 0.3 is 51.4 Å². The maximum absolute atomic E-state index is 11.4. The molecule has 25 heavy (non-hydrogen) atoms. The Morgan fingerprint density at radius 3 is 2.76 bits per heavy atom. The Kier molecular flexibility index (Phi) is 6.57. The van der Waals surface area contributed by atoms with Crippen molar-refractivity contribution in [1.29, 1.82) is 0 Å². The summed E-state index contributed by atoms with van der Waals surface area (Å²) >= 11 is 0. The SMILES string of the molecule is Nc1c2ncn([C@@H]3O[C@H](COP(=O)([O-])O)[C@@H](O)[C@H]3O)c2nc[n+]1[O-].[K+]. The number of rotatable bonds is 4. The predicted molar refractivity (Wildman–Crippen MR) is 72.6 cm³/mol. The van der Waals surface area contributed by atoms with Gasteiger partial charge in [-0.1, -0.05) is 4.98 Å². The number of imidazole rings is 1. The second-order valence-electron chi connectivity index (χ2n) is 5.09. The largest absolute Gasteiger partial charge is 1.00 e. The van der Waals surface area contributed by atoms with Gasteiger partial charge in [0.05, 0.1) is 6.61 Å². The van der Waals surface area contributed by atoms with E-state index in [1.165, 1.54) is 10.9 Å². The Labute approximate surface area is 182 Å². The number of aliphatic hydroxyl groups excluding tert-OH is 2. The number of nitrogens with zero attached hydrogens (tertiary/aromatic N) is 4. The van der Waals surface area contributed by atoms with Crippen LogP contribution in [0.1, 0.15) is 6.23 Å². The number of fused-ring (bicyclic) bond motifs is 1. The van der Waals surface area contributed by atoms with Gasteiger partial charge in [-0.05, 0) is 0 Å². The number of nitrogens with two attached hydrogens (primary N) is 1. The molecule has 0 saturated carbocycles. The Morgan fingerprint density at radius 1 is 1.44 bits per heavy atom. The summed E-state index contributed by atoms with van der Waals surface area (Å²) < 4.78 is 21.7. The van der Waals surface area contributed by atoms with Crippen molar-refractivity contribution in [2.45, 2.75) is 24.5 Å². The van der Waals surface area contributed by atoms with Gasteiger partial charge in [0.1, 0.15) is 24.6 Å². The molecule has 13 nitrogen and oxygen atoms in total. The molecule has 1 aliphatic heterocycles. The predicted octanol–water partition coefficient (Wildman–Crippen LogP) is -6.25. The number of aliphatic hydroxyl groups is 2. The minimum Gasteiger partial charge on any atom is -0.756 e. The van der Waals surface area contributed by atoms with Crippen molar-refractivity contribution in [3.8, 4) is 0 Å². The minimum atomic E-state index is -5.00. The van der Waals surface area contributed by atoms with Gasteiger partial charge in [-0.2, -0.15) is 0 Å². The van der Waals surface area contributed by atoms with Crippen LogP contribution in [0.15, 0.2) is 12.7 Å². The summed E-state index contributed by atoms with van der Waals surface area (Å²) in [6, 6.07) is 0. The molecule has 3 heterocycles. The normalized spacial score (nSPS) is 28.6. The molecule has 0 radical (unpaired) electrons. The average Bonchev–Trinajstić information content (AvgIpc) is 3.04. The number of anilines is 1. The summed E-state index contributed by atoms with van der Waals surface area (Å²) in [6.45, 7) is -0.700. The Hall–Kier alpha value is -0.224. The Bertz CT molecular complexity index is 814. The fourth-order valence-electron chi connectivity index (χ4n) is 2.39. The summed E-state index contributed by atoms with van der Waals surface area (Å²) in [5.74, 6) is -0.209. The van der Waals surface area contributed by atoms with Crippen LogP contribution >= 0.6 is 7.82 Å². The first-order chi connectivity index (χ1) is 11.2. The molecule has 0 amide bonds. The smallest absolute Gasteiger partial charge is 0.756 e. The topological polar surface area (TPSA) is 203 Å². The molecule has 1 unspecified atom stereocenters. The van der Waals surface area contributed by atoms with Crippen LogP contribution in [0.25, 0.3) is 11.2 Å². The molecule has 1 aliphatic rings. The van der Waals surface area contributed by atoms with E-state index in [0.717, 1.165) is 6.33 Å². The zero-order valence-electron chi connectivity index (χ0n) is 12.9. The van der Waals surface area contributed by atoms with Crippen molar-refractivity contribution < 1.29 is 89.9 Å². The number of ether oxygens (including phenoxy) is 1. The third kappa shape index (κ3) is 4.21. The summed E-state index contributed by atoms with van der Waals surface area (Å²) in [4.78, 5) is 27.0. The van der Waals surface area contributed by atoms with Gasteiger partial charge in [0, 0.05) is 0 Å². The van der Waals surface area contributed by atoms with E-state index in [9.17, 15) is 24.9 Å². The van der Waals surface area contributed by atoms with E-state index in [4.69, 9.17) is 15.4 Å². The van der Waals surface area contributed by atoms with Crippen LogP contribution in [0.3, 0.4) is 0 Å². The van der Waals surface area contributed by atoms with E-state index < -0.39 is 39.0 Å². The van der Waals surface area contributed by atoms with Crippen LogP contribution in [0.4, 0.5) is 5.82 Å². The fraction of sp³-hybridized carbons (Fsp3) is 0.500. The average molecular weight is 401 g/mol. The van der Waals surface area contributed by atoms with Crippen molar-refractivity contribution in [2.75, 3.05) is 12.3 Å². The summed E-state index contributed by atoms with van der Waals surface area (Å²) in [6.07, 6.45) is -3.29. The number of hydrogen-bond donors (Lipinski definition) is 4. The van der Waals surface area contributed by atoms with E-state index in [0.29, 0.717) is 4.73 Å². The van der Waals surface area contributed by atoms with E-state index in [1.807, 2.05) is 0 Å². The summed E-state index contributed by atoms with van der Waals surface area (Å²) in [5.41, 5.74) is 5.77. The van der Waals surface area contributed by atoms with Crippen LogP contribution in [0, 0.1) is 5.21 Å². The van der Waals surface area contributed by atoms with Crippen LogP contribution in [0.2, 0.25) is 0 Å². The molecule has 0 bridgehead atoms. The van der Waals surface area contributed by atoms with Crippen LogP contribution in [-0.2, 0) is 13.8 Å². The number of nitrogen functional groups attached to an aromatic ring is 1. The Balaban J connectivity index is 0.00000225. The molecule has 0 aromatic carbocycles. The van der Waals surface area contributed by atoms with Gasteiger partial charge in [-0.25, -0.2) is 9.71 Å². The second-order valence-corrected chi connectivity index (χ2v) is 6.29. The van der Waals surface area contributed by atoms with Crippen molar-refractivity contribution >= 4 is 24.8 Å². The quantitative estimate of drug-likeness (QED) is 0.164. The van der Waals surface area contributed by atoms with E-state index in [-0.39, 0.29) is 68.4 Å². The molecule has 5 N–H and O–H groups in total. The molecule has 1 fully saturated rings. The molecule has 3 rings (SSSR count). The monoisotopic (exact) mass is 401 g/mol.